The smallest absolute Gasteiger partial charge is 0.367 e. The Bertz CT molecular complexity index is 966. The zero-order valence-electron chi connectivity index (χ0n) is 15.6. The van der Waals surface area contributed by atoms with Gasteiger partial charge in [0.05, 0.1) is 5.56 Å². The van der Waals surface area contributed by atoms with Crippen LogP contribution in [0.4, 0.5) is 41.0 Å². The fraction of sp³-hybridized carbons (Fsp3) is 0.158. The molecule has 0 saturated carbocycles. The summed E-state index contributed by atoms with van der Waals surface area (Å²) in [6.07, 6.45) is -1.16. The van der Waals surface area contributed by atoms with Crippen LogP contribution < -0.4 is 21.3 Å². The number of rotatable bonds is 7. The van der Waals surface area contributed by atoms with Crippen LogP contribution in [-0.4, -0.2) is 34.3 Å². The largest absolute Gasteiger partial charge is 0.416 e. The number of pyridine rings is 1. The lowest BCUT2D eigenvalue weighted by molar-refractivity contribution is -0.137. The van der Waals surface area contributed by atoms with Crippen molar-refractivity contribution in [3.8, 4) is 0 Å². The Morgan fingerprint density at radius 2 is 1.63 bits per heavy atom. The zero-order valence-corrected chi connectivity index (χ0v) is 15.6. The van der Waals surface area contributed by atoms with E-state index < -0.39 is 17.8 Å². The maximum Gasteiger partial charge on any atom is 0.416 e. The quantitative estimate of drug-likeness (QED) is 0.435. The molecule has 2 amide bonds. The number of amides is 2. The zero-order chi connectivity index (χ0) is 21.4. The summed E-state index contributed by atoms with van der Waals surface area (Å²) >= 11 is 0. The molecule has 0 unspecified atom stereocenters. The second kappa shape index (κ2) is 9.54. The van der Waals surface area contributed by atoms with Crippen LogP contribution in [0, 0.1) is 0 Å². The summed E-state index contributed by atoms with van der Waals surface area (Å²) in [5, 5.41) is 19.0. The van der Waals surface area contributed by atoms with E-state index in [-0.39, 0.29) is 12.2 Å². The first-order chi connectivity index (χ1) is 14.4. The number of benzene rings is 1. The number of carbonyl (C=O) groups is 1. The third-order valence-electron chi connectivity index (χ3n) is 3.78. The fourth-order valence-corrected chi connectivity index (χ4v) is 2.39. The number of nitrogens with one attached hydrogen (secondary N) is 4. The first-order valence-corrected chi connectivity index (χ1v) is 8.87. The van der Waals surface area contributed by atoms with Crippen molar-refractivity contribution in [3.63, 3.8) is 0 Å². The number of hydrogen-bond donors (Lipinski definition) is 4. The average molecular weight is 417 g/mol. The molecule has 0 spiro atoms. The average Bonchev–Trinajstić information content (AvgIpc) is 2.73. The fourth-order valence-electron chi connectivity index (χ4n) is 2.39. The summed E-state index contributed by atoms with van der Waals surface area (Å²) in [6, 6.07) is 10.9. The molecule has 30 heavy (non-hydrogen) atoms. The van der Waals surface area contributed by atoms with Crippen molar-refractivity contribution in [3.05, 3.63) is 66.5 Å². The number of aromatic nitrogens is 3. The van der Waals surface area contributed by atoms with E-state index in [0.717, 1.165) is 17.8 Å². The van der Waals surface area contributed by atoms with E-state index in [4.69, 9.17) is 0 Å². The Hall–Kier alpha value is -3.89. The summed E-state index contributed by atoms with van der Waals surface area (Å²) in [4.78, 5) is 15.8. The van der Waals surface area contributed by atoms with E-state index in [0.29, 0.717) is 18.2 Å². The standard InChI is InChI=1S/C19H18F3N7O/c20-19(21,22)13-2-1-3-15(12-13)27-18(30)25-11-10-24-16-4-5-17(29-28-16)26-14-6-8-23-9-7-14/h1-9,12H,10-11H2,(H,24,28)(H,23,26,29)(H2,25,27,30). The number of urea groups is 1. The Morgan fingerprint density at radius 1 is 0.900 bits per heavy atom. The van der Waals surface area contributed by atoms with Gasteiger partial charge in [-0.2, -0.15) is 13.2 Å². The van der Waals surface area contributed by atoms with Crippen molar-refractivity contribution < 1.29 is 18.0 Å². The molecular formula is C19H18F3N7O. The number of anilines is 4. The van der Waals surface area contributed by atoms with E-state index in [2.05, 4.69) is 36.4 Å². The number of carbonyl (C=O) groups excluding carboxylic acids is 1. The molecule has 1 aromatic carbocycles. The minimum atomic E-state index is -4.47. The molecule has 0 radical (unpaired) electrons. The predicted molar refractivity (Wildman–Crippen MR) is 107 cm³/mol. The highest BCUT2D eigenvalue weighted by Crippen LogP contribution is 2.30. The molecule has 2 aromatic heterocycles. The molecule has 0 aliphatic heterocycles. The van der Waals surface area contributed by atoms with Gasteiger partial charge in [-0.1, -0.05) is 6.07 Å². The van der Waals surface area contributed by atoms with Gasteiger partial charge in [0.1, 0.15) is 5.82 Å². The predicted octanol–water partition coefficient (Wildman–Crippen LogP) is 3.87. The van der Waals surface area contributed by atoms with Crippen LogP contribution in [0.2, 0.25) is 0 Å². The maximum absolute atomic E-state index is 12.7. The highest BCUT2D eigenvalue weighted by molar-refractivity contribution is 5.89. The van der Waals surface area contributed by atoms with Gasteiger partial charge in [-0.3, -0.25) is 4.98 Å². The van der Waals surface area contributed by atoms with Gasteiger partial charge in [-0.15, -0.1) is 10.2 Å². The lowest BCUT2D eigenvalue weighted by Crippen LogP contribution is -2.32. The summed E-state index contributed by atoms with van der Waals surface area (Å²) in [6.45, 7) is 0.575. The molecule has 0 bridgehead atoms. The topological polar surface area (TPSA) is 104 Å². The van der Waals surface area contributed by atoms with Gasteiger partial charge in [-0.25, -0.2) is 4.79 Å². The molecule has 0 aliphatic rings. The van der Waals surface area contributed by atoms with E-state index in [9.17, 15) is 18.0 Å². The maximum atomic E-state index is 12.7. The monoisotopic (exact) mass is 417 g/mol. The molecule has 2 heterocycles. The minimum absolute atomic E-state index is 0.0541. The lowest BCUT2D eigenvalue weighted by Gasteiger charge is -2.11. The highest BCUT2D eigenvalue weighted by Gasteiger charge is 2.30. The molecule has 0 fully saturated rings. The first kappa shape index (κ1) is 20.8. The molecule has 4 N–H and O–H groups in total. The number of halogens is 3. The molecule has 3 aromatic rings. The van der Waals surface area contributed by atoms with Crippen LogP contribution in [-0.2, 0) is 6.18 Å². The Balaban J connectivity index is 1.40. The van der Waals surface area contributed by atoms with Crippen molar-refractivity contribution in [2.75, 3.05) is 29.0 Å². The van der Waals surface area contributed by atoms with Crippen LogP contribution in [0.25, 0.3) is 0 Å². The second-order valence-electron chi connectivity index (χ2n) is 6.05. The third kappa shape index (κ3) is 6.33. The Kier molecular flexibility index (Phi) is 6.63. The van der Waals surface area contributed by atoms with Gasteiger partial charge >= 0.3 is 12.2 Å². The van der Waals surface area contributed by atoms with Crippen LogP contribution in [0.1, 0.15) is 5.56 Å². The molecule has 11 heteroatoms. The van der Waals surface area contributed by atoms with E-state index >= 15 is 0 Å². The van der Waals surface area contributed by atoms with Crippen LogP contribution in [0.15, 0.2) is 60.9 Å². The third-order valence-corrected chi connectivity index (χ3v) is 3.78. The van der Waals surface area contributed by atoms with Gasteiger partial charge in [0.25, 0.3) is 0 Å². The van der Waals surface area contributed by atoms with Gasteiger partial charge < -0.3 is 21.3 Å². The van der Waals surface area contributed by atoms with Gasteiger partial charge in [-0.05, 0) is 42.5 Å². The normalized spacial score (nSPS) is 10.9. The minimum Gasteiger partial charge on any atom is -0.367 e. The van der Waals surface area contributed by atoms with Gasteiger partial charge in [0, 0.05) is 36.9 Å². The molecule has 0 aliphatic carbocycles. The van der Waals surface area contributed by atoms with Crippen molar-refractivity contribution in [2.45, 2.75) is 6.18 Å². The lowest BCUT2D eigenvalue weighted by atomic mass is 10.2. The molecule has 0 atom stereocenters. The van der Waals surface area contributed by atoms with E-state index in [1.54, 1.807) is 36.7 Å². The van der Waals surface area contributed by atoms with Crippen molar-refractivity contribution >= 4 is 29.0 Å². The summed E-state index contributed by atoms with van der Waals surface area (Å²) in [7, 11) is 0. The van der Waals surface area contributed by atoms with Gasteiger partial charge in [0.2, 0.25) is 0 Å². The number of nitrogens with zero attached hydrogens (tertiary/aromatic N) is 3. The number of hydrogen-bond acceptors (Lipinski definition) is 6. The van der Waals surface area contributed by atoms with E-state index in [1.807, 2.05) is 0 Å². The summed E-state index contributed by atoms with van der Waals surface area (Å²) in [5.41, 5.74) is 0.0526. The molecule has 156 valence electrons. The highest BCUT2D eigenvalue weighted by atomic mass is 19.4. The van der Waals surface area contributed by atoms with Crippen molar-refractivity contribution in [1.29, 1.82) is 0 Å². The van der Waals surface area contributed by atoms with Crippen LogP contribution >= 0.6 is 0 Å². The second-order valence-corrected chi connectivity index (χ2v) is 6.05. The van der Waals surface area contributed by atoms with E-state index in [1.165, 1.54) is 12.1 Å². The SMILES string of the molecule is O=C(NCCNc1ccc(Nc2ccncc2)nn1)Nc1cccc(C(F)(F)F)c1. The molecule has 0 saturated heterocycles. The van der Waals surface area contributed by atoms with Gasteiger partial charge in [0.15, 0.2) is 5.82 Å². The Morgan fingerprint density at radius 3 is 2.33 bits per heavy atom. The van der Waals surface area contributed by atoms with Crippen molar-refractivity contribution in [1.82, 2.24) is 20.5 Å². The molecule has 8 nitrogen and oxygen atoms in total. The molecule has 3 rings (SSSR count). The van der Waals surface area contributed by atoms with Crippen LogP contribution in [0.3, 0.4) is 0 Å². The first-order valence-electron chi connectivity index (χ1n) is 8.87. The molecular weight excluding hydrogens is 399 g/mol. The number of alkyl halides is 3. The van der Waals surface area contributed by atoms with Crippen LogP contribution in [0.5, 0.6) is 0 Å². The summed E-state index contributed by atoms with van der Waals surface area (Å²) in [5.74, 6) is 1.07. The van der Waals surface area contributed by atoms with Crippen molar-refractivity contribution in [2.24, 2.45) is 0 Å². The Labute approximate surface area is 169 Å². The summed E-state index contributed by atoms with van der Waals surface area (Å²) < 4.78 is 38.1.